The summed E-state index contributed by atoms with van der Waals surface area (Å²) in [4.78, 5) is 23.9. The van der Waals surface area contributed by atoms with Gasteiger partial charge in [0.25, 0.3) is 0 Å². The second-order valence-electron chi connectivity index (χ2n) is 5.61. The van der Waals surface area contributed by atoms with Gasteiger partial charge in [0, 0.05) is 24.9 Å². The number of ether oxygens (including phenoxy) is 1. The van der Waals surface area contributed by atoms with Gasteiger partial charge in [-0.1, -0.05) is 12.1 Å². The second-order valence-corrected chi connectivity index (χ2v) is 5.61. The van der Waals surface area contributed by atoms with Crippen molar-refractivity contribution in [2.24, 2.45) is 0 Å². The van der Waals surface area contributed by atoms with Crippen molar-refractivity contribution in [1.82, 2.24) is 5.32 Å². The van der Waals surface area contributed by atoms with Gasteiger partial charge >= 0.3 is 0 Å². The molecule has 0 aliphatic rings. The molecule has 0 saturated carbocycles. The Bertz CT molecular complexity index is 713. The molecule has 0 bridgehead atoms. The molecule has 2 aromatic carbocycles. The molecule has 0 saturated heterocycles. The highest BCUT2D eigenvalue weighted by molar-refractivity contribution is 5.98. The van der Waals surface area contributed by atoms with Gasteiger partial charge in [0.05, 0.1) is 6.61 Å². The first-order valence-corrected chi connectivity index (χ1v) is 8.35. The standard InChI is InChI=1S/C20H22FNO3/c1-2-25-18-8-6-16(7-9-18)19(23)10-11-20(24)22-13-12-15-4-3-5-17(21)14-15/h3-9,14H,2,10-13H2,1H3,(H,22,24). The van der Waals surface area contributed by atoms with Gasteiger partial charge in [0.15, 0.2) is 5.78 Å². The van der Waals surface area contributed by atoms with Gasteiger partial charge in [-0.3, -0.25) is 9.59 Å². The molecule has 0 spiro atoms. The van der Waals surface area contributed by atoms with Gasteiger partial charge in [0.1, 0.15) is 11.6 Å². The molecule has 0 radical (unpaired) electrons. The quantitative estimate of drug-likeness (QED) is 0.709. The summed E-state index contributed by atoms with van der Waals surface area (Å²) < 4.78 is 18.4. The SMILES string of the molecule is CCOc1ccc(C(=O)CCC(=O)NCCc2cccc(F)c2)cc1. The van der Waals surface area contributed by atoms with E-state index in [1.807, 2.05) is 13.0 Å². The number of hydrogen-bond acceptors (Lipinski definition) is 3. The fraction of sp³-hybridized carbons (Fsp3) is 0.300. The van der Waals surface area contributed by atoms with E-state index in [-0.39, 0.29) is 30.3 Å². The van der Waals surface area contributed by atoms with Crippen LogP contribution in [0.15, 0.2) is 48.5 Å². The van der Waals surface area contributed by atoms with Crippen molar-refractivity contribution in [1.29, 1.82) is 0 Å². The Labute approximate surface area is 147 Å². The Kier molecular flexibility index (Phi) is 7.14. The molecule has 0 aliphatic heterocycles. The number of hydrogen-bond donors (Lipinski definition) is 1. The highest BCUT2D eigenvalue weighted by Gasteiger charge is 2.09. The van der Waals surface area contributed by atoms with E-state index in [1.165, 1.54) is 12.1 Å². The van der Waals surface area contributed by atoms with E-state index >= 15 is 0 Å². The monoisotopic (exact) mass is 343 g/mol. The van der Waals surface area contributed by atoms with Crippen molar-refractivity contribution in [3.8, 4) is 5.75 Å². The van der Waals surface area contributed by atoms with Crippen LogP contribution < -0.4 is 10.1 Å². The minimum Gasteiger partial charge on any atom is -0.494 e. The maximum absolute atomic E-state index is 13.1. The molecule has 2 aromatic rings. The summed E-state index contributed by atoms with van der Waals surface area (Å²) in [6.45, 7) is 2.88. The number of ketones is 1. The van der Waals surface area contributed by atoms with E-state index in [4.69, 9.17) is 4.74 Å². The zero-order valence-electron chi connectivity index (χ0n) is 14.3. The number of Topliss-reactive ketones (excluding diaryl/α,β-unsaturated/α-hetero) is 1. The number of amides is 1. The Balaban J connectivity index is 1.71. The molecule has 1 N–H and O–H groups in total. The molecule has 0 aliphatic carbocycles. The molecule has 0 unspecified atom stereocenters. The van der Waals surface area contributed by atoms with Crippen LogP contribution in [-0.4, -0.2) is 24.8 Å². The average molecular weight is 343 g/mol. The Morgan fingerprint density at radius 3 is 2.52 bits per heavy atom. The van der Waals surface area contributed by atoms with Crippen molar-refractivity contribution < 1.29 is 18.7 Å². The van der Waals surface area contributed by atoms with Crippen molar-refractivity contribution in [2.45, 2.75) is 26.2 Å². The number of nitrogens with one attached hydrogen (secondary N) is 1. The van der Waals surface area contributed by atoms with E-state index in [2.05, 4.69) is 5.32 Å². The summed E-state index contributed by atoms with van der Waals surface area (Å²) in [5, 5.41) is 2.75. The van der Waals surface area contributed by atoms with Crippen LogP contribution in [0, 0.1) is 5.82 Å². The summed E-state index contributed by atoms with van der Waals surface area (Å²) in [5.74, 6) is 0.165. The van der Waals surface area contributed by atoms with Crippen molar-refractivity contribution in [3.05, 3.63) is 65.5 Å². The summed E-state index contributed by atoms with van der Waals surface area (Å²) >= 11 is 0. The molecular formula is C20H22FNO3. The van der Waals surface area contributed by atoms with E-state index < -0.39 is 0 Å². The first kappa shape index (κ1) is 18.6. The van der Waals surface area contributed by atoms with Gasteiger partial charge < -0.3 is 10.1 Å². The molecule has 0 aromatic heterocycles. The van der Waals surface area contributed by atoms with E-state index in [9.17, 15) is 14.0 Å². The molecule has 5 heteroatoms. The molecular weight excluding hydrogens is 321 g/mol. The minimum atomic E-state index is -0.287. The summed E-state index contributed by atoms with van der Waals surface area (Å²) in [7, 11) is 0. The predicted octanol–water partition coefficient (Wildman–Crippen LogP) is 3.55. The average Bonchev–Trinajstić information content (AvgIpc) is 2.61. The molecule has 132 valence electrons. The van der Waals surface area contributed by atoms with Gasteiger partial charge in [-0.05, 0) is 55.3 Å². The van der Waals surface area contributed by atoms with Gasteiger partial charge in [-0.2, -0.15) is 0 Å². The zero-order chi connectivity index (χ0) is 18.1. The maximum atomic E-state index is 13.1. The van der Waals surface area contributed by atoms with Crippen LogP contribution in [0.2, 0.25) is 0 Å². The number of halogens is 1. The lowest BCUT2D eigenvalue weighted by Crippen LogP contribution is -2.26. The number of benzene rings is 2. The van der Waals surface area contributed by atoms with Gasteiger partial charge in [-0.15, -0.1) is 0 Å². The minimum absolute atomic E-state index is 0.0803. The van der Waals surface area contributed by atoms with Crippen LogP contribution in [0.4, 0.5) is 4.39 Å². The summed E-state index contributed by atoms with van der Waals surface area (Å²) in [6, 6.07) is 13.2. The van der Waals surface area contributed by atoms with Crippen LogP contribution in [-0.2, 0) is 11.2 Å². The molecule has 25 heavy (non-hydrogen) atoms. The molecule has 4 nitrogen and oxygen atoms in total. The largest absolute Gasteiger partial charge is 0.494 e. The Morgan fingerprint density at radius 2 is 1.84 bits per heavy atom. The fourth-order valence-electron chi connectivity index (χ4n) is 2.40. The van der Waals surface area contributed by atoms with Crippen LogP contribution in [0.3, 0.4) is 0 Å². The molecule has 2 rings (SSSR count). The Morgan fingerprint density at radius 1 is 1.08 bits per heavy atom. The first-order valence-electron chi connectivity index (χ1n) is 8.35. The van der Waals surface area contributed by atoms with Crippen LogP contribution >= 0.6 is 0 Å². The lowest BCUT2D eigenvalue weighted by Gasteiger charge is -2.06. The topological polar surface area (TPSA) is 55.4 Å². The zero-order valence-corrected chi connectivity index (χ0v) is 14.3. The van der Waals surface area contributed by atoms with Crippen LogP contribution in [0.5, 0.6) is 5.75 Å². The Hall–Kier alpha value is -2.69. The number of carbonyl (C=O) groups excluding carboxylic acids is 2. The third-order valence-corrected chi connectivity index (χ3v) is 3.69. The number of rotatable bonds is 9. The molecule has 0 fully saturated rings. The maximum Gasteiger partial charge on any atom is 0.220 e. The number of carbonyl (C=O) groups is 2. The lowest BCUT2D eigenvalue weighted by molar-refractivity contribution is -0.121. The van der Waals surface area contributed by atoms with Crippen molar-refractivity contribution in [3.63, 3.8) is 0 Å². The second kappa shape index (κ2) is 9.57. The smallest absolute Gasteiger partial charge is 0.220 e. The molecule has 0 atom stereocenters. The third kappa shape index (κ3) is 6.37. The lowest BCUT2D eigenvalue weighted by atomic mass is 10.1. The summed E-state index contributed by atoms with van der Waals surface area (Å²) in [5.41, 5.74) is 1.39. The first-order chi connectivity index (χ1) is 12.1. The van der Waals surface area contributed by atoms with E-state index in [0.717, 1.165) is 5.56 Å². The molecule has 1 amide bonds. The van der Waals surface area contributed by atoms with Crippen molar-refractivity contribution in [2.75, 3.05) is 13.2 Å². The van der Waals surface area contributed by atoms with Crippen molar-refractivity contribution >= 4 is 11.7 Å². The van der Waals surface area contributed by atoms with E-state index in [0.29, 0.717) is 30.9 Å². The fourth-order valence-corrected chi connectivity index (χ4v) is 2.40. The third-order valence-electron chi connectivity index (χ3n) is 3.69. The van der Waals surface area contributed by atoms with E-state index in [1.54, 1.807) is 30.3 Å². The predicted molar refractivity (Wildman–Crippen MR) is 94.3 cm³/mol. The molecule has 0 heterocycles. The van der Waals surface area contributed by atoms with Crippen LogP contribution in [0.1, 0.15) is 35.7 Å². The van der Waals surface area contributed by atoms with Crippen LogP contribution in [0.25, 0.3) is 0 Å². The van der Waals surface area contributed by atoms with Gasteiger partial charge in [-0.25, -0.2) is 4.39 Å². The van der Waals surface area contributed by atoms with Gasteiger partial charge in [0.2, 0.25) is 5.91 Å². The highest BCUT2D eigenvalue weighted by Crippen LogP contribution is 2.14. The highest BCUT2D eigenvalue weighted by atomic mass is 19.1. The summed E-state index contributed by atoms with van der Waals surface area (Å²) in [6.07, 6.45) is 0.839. The normalized spacial score (nSPS) is 10.3.